The van der Waals surface area contributed by atoms with Crippen LogP contribution in [0.4, 0.5) is 15.9 Å². The van der Waals surface area contributed by atoms with Crippen LogP contribution in [0.2, 0.25) is 0 Å². The Morgan fingerprint density at radius 3 is 2.76 bits per heavy atom. The molecule has 2 rings (SSSR count). The molecule has 0 amide bonds. The lowest BCUT2D eigenvalue weighted by molar-refractivity contribution is -0.386. The van der Waals surface area contributed by atoms with Crippen molar-refractivity contribution in [2.75, 3.05) is 11.9 Å². The number of nitro groups is 1. The van der Waals surface area contributed by atoms with Crippen LogP contribution >= 0.6 is 0 Å². The number of rotatable bonds is 6. The summed E-state index contributed by atoms with van der Waals surface area (Å²) >= 11 is 0. The van der Waals surface area contributed by atoms with Gasteiger partial charge in [0.15, 0.2) is 0 Å². The third kappa shape index (κ3) is 3.65. The summed E-state index contributed by atoms with van der Waals surface area (Å²) in [7, 11) is 0. The van der Waals surface area contributed by atoms with Crippen molar-refractivity contribution in [1.82, 2.24) is 4.98 Å². The third-order valence-corrected chi connectivity index (χ3v) is 2.72. The fourth-order valence-corrected chi connectivity index (χ4v) is 1.72. The number of hydrogen-bond donors (Lipinski definition) is 1. The lowest BCUT2D eigenvalue weighted by Crippen LogP contribution is -2.05. The van der Waals surface area contributed by atoms with Crippen molar-refractivity contribution in [3.05, 3.63) is 57.9 Å². The SMILES string of the molecule is CCNc1ccc([N+](=O)[O-])c(OCc2ccccc2F)n1. The number of nitrogens with one attached hydrogen (secondary N) is 1. The smallest absolute Gasteiger partial charge is 0.331 e. The Bertz CT molecular complexity index is 649. The number of pyridine rings is 1. The summed E-state index contributed by atoms with van der Waals surface area (Å²) in [5.74, 6) is -0.101. The Morgan fingerprint density at radius 2 is 2.10 bits per heavy atom. The highest BCUT2D eigenvalue weighted by Gasteiger charge is 2.18. The summed E-state index contributed by atoms with van der Waals surface area (Å²) in [6.45, 7) is 2.37. The van der Waals surface area contributed by atoms with Gasteiger partial charge < -0.3 is 10.1 Å². The molecule has 0 saturated carbocycles. The van der Waals surface area contributed by atoms with Crippen LogP contribution in [0, 0.1) is 15.9 Å². The minimum absolute atomic E-state index is 0.129. The van der Waals surface area contributed by atoms with Crippen LogP contribution in [0.25, 0.3) is 0 Å². The lowest BCUT2D eigenvalue weighted by Gasteiger charge is -2.09. The molecule has 7 heteroatoms. The predicted octanol–water partition coefficient (Wildman–Crippen LogP) is 3.14. The molecule has 1 aromatic carbocycles. The molecule has 0 aliphatic rings. The van der Waals surface area contributed by atoms with Gasteiger partial charge in [0.25, 0.3) is 5.88 Å². The van der Waals surface area contributed by atoms with Crippen LogP contribution < -0.4 is 10.1 Å². The standard InChI is InChI=1S/C14H14FN3O3/c1-2-16-13-8-7-12(18(19)20)14(17-13)21-9-10-5-3-4-6-11(10)15/h3-8H,2,9H2,1H3,(H,16,17). The summed E-state index contributed by atoms with van der Waals surface area (Å²) in [6.07, 6.45) is 0. The predicted molar refractivity (Wildman–Crippen MR) is 75.8 cm³/mol. The fourth-order valence-electron chi connectivity index (χ4n) is 1.72. The maximum absolute atomic E-state index is 13.5. The van der Waals surface area contributed by atoms with E-state index in [1.807, 2.05) is 6.92 Å². The van der Waals surface area contributed by atoms with E-state index in [0.717, 1.165) is 0 Å². The van der Waals surface area contributed by atoms with Crippen LogP contribution in [-0.4, -0.2) is 16.5 Å². The van der Waals surface area contributed by atoms with Crippen molar-refractivity contribution in [3.8, 4) is 5.88 Å². The maximum atomic E-state index is 13.5. The molecule has 0 saturated heterocycles. The molecule has 6 nitrogen and oxygen atoms in total. The molecule has 0 fully saturated rings. The molecule has 110 valence electrons. The lowest BCUT2D eigenvalue weighted by atomic mass is 10.2. The van der Waals surface area contributed by atoms with Crippen LogP contribution in [0.15, 0.2) is 36.4 Å². The zero-order valence-electron chi connectivity index (χ0n) is 11.4. The van der Waals surface area contributed by atoms with Gasteiger partial charge in [0.1, 0.15) is 18.2 Å². The molecule has 0 atom stereocenters. The highest BCUT2D eigenvalue weighted by Crippen LogP contribution is 2.27. The molecule has 21 heavy (non-hydrogen) atoms. The Hall–Kier alpha value is -2.70. The van der Waals surface area contributed by atoms with E-state index < -0.39 is 10.7 Å². The zero-order chi connectivity index (χ0) is 15.2. The molecule has 0 spiro atoms. The molecule has 0 aliphatic heterocycles. The van der Waals surface area contributed by atoms with E-state index in [1.54, 1.807) is 18.2 Å². The average molecular weight is 291 g/mol. The average Bonchev–Trinajstić information content (AvgIpc) is 2.46. The van der Waals surface area contributed by atoms with Gasteiger partial charge in [-0.3, -0.25) is 10.1 Å². The Morgan fingerprint density at radius 1 is 1.33 bits per heavy atom. The molecule has 0 bridgehead atoms. The first kappa shape index (κ1) is 14.7. The first-order valence-electron chi connectivity index (χ1n) is 6.37. The van der Waals surface area contributed by atoms with Crippen molar-refractivity contribution in [2.24, 2.45) is 0 Å². The van der Waals surface area contributed by atoms with Gasteiger partial charge in [-0.15, -0.1) is 0 Å². The van der Waals surface area contributed by atoms with E-state index in [2.05, 4.69) is 10.3 Å². The van der Waals surface area contributed by atoms with Crippen LogP contribution in [0.5, 0.6) is 5.88 Å². The largest absolute Gasteiger partial charge is 0.468 e. The number of aromatic nitrogens is 1. The topological polar surface area (TPSA) is 77.3 Å². The number of nitrogens with zero attached hydrogens (tertiary/aromatic N) is 2. The number of halogens is 1. The second-order valence-electron chi connectivity index (χ2n) is 4.19. The number of anilines is 1. The van der Waals surface area contributed by atoms with E-state index in [9.17, 15) is 14.5 Å². The number of ether oxygens (including phenoxy) is 1. The van der Waals surface area contributed by atoms with Gasteiger partial charge in [-0.2, -0.15) is 4.98 Å². The van der Waals surface area contributed by atoms with E-state index in [-0.39, 0.29) is 18.2 Å². The summed E-state index contributed by atoms with van der Waals surface area (Å²) in [5.41, 5.74) is 0.0513. The van der Waals surface area contributed by atoms with Crippen LogP contribution in [-0.2, 0) is 6.61 Å². The highest BCUT2D eigenvalue weighted by atomic mass is 19.1. The Kier molecular flexibility index (Phi) is 4.65. The fraction of sp³-hybridized carbons (Fsp3) is 0.214. The summed E-state index contributed by atoms with van der Waals surface area (Å²) in [6, 6.07) is 8.88. The van der Waals surface area contributed by atoms with Gasteiger partial charge in [-0.25, -0.2) is 4.39 Å². The van der Waals surface area contributed by atoms with Crippen molar-refractivity contribution in [3.63, 3.8) is 0 Å². The van der Waals surface area contributed by atoms with Crippen molar-refractivity contribution < 1.29 is 14.1 Å². The first-order valence-corrected chi connectivity index (χ1v) is 6.37. The molecular weight excluding hydrogens is 277 g/mol. The second kappa shape index (κ2) is 6.65. The van der Waals surface area contributed by atoms with Crippen molar-refractivity contribution >= 4 is 11.5 Å². The maximum Gasteiger partial charge on any atom is 0.331 e. The normalized spacial score (nSPS) is 10.2. The van der Waals surface area contributed by atoms with E-state index in [1.165, 1.54) is 18.2 Å². The number of benzene rings is 1. The zero-order valence-corrected chi connectivity index (χ0v) is 11.4. The van der Waals surface area contributed by atoms with Gasteiger partial charge in [-0.05, 0) is 19.1 Å². The van der Waals surface area contributed by atoms with E-state index in [4.69, 9.17) is 4.74 Å². The molecule has 2 aromatic rings. The van der Waals surface area contributed by atoms with Crippen molar-refractivity contribution in [1.29, 1.82) is 0 Å². The molecule has 1 heterocycles. The molecule has 0 unspecified atom stereocenters. The third-order valence-electron chi connectivity index (χ3n) is 2.72. The van der Waals surface area contributed by atoms with Crippen LogP contribution in [0.1, 0.15) is 12.5 Å². The minimum Gasteiger partial charge on any atom is -0.468 e. The minimum atomic E-state index is -0.584. The highest BCUT2D eigenvalue weighted by molar-refractivity contribution is 5.49. The molecule has 1 N–H and O–H groups in total. The Labute approximate surface area is 120 Å². The molecule has 1 aromatic heterocycles. The van der Waals surface area contributed by atoms with Crippen LogP contribution in [0.3, 0.4) is 0 Å². The van der Waals surface area contributed by atoms with Gasteiger partial charge >= 0.3 is 5.69 Å². The van der Waals surface area contributed by atoms with Gasteiger partial charge in [0, 0.05) is 18.2 Å². The van der Waals surface area contributed by atoms with E-state index >= 15 is 0 Å². The molecule has 0 aliphatic carbocycles. The quantitative estimate of drug-likeness (QED) is 0.653. The van der Waals surface area contributed by atoms with Crippen molar-refractivity contribution in [2.45, 2.75) is 13.5 Å². The summed E-state index contributed by atoms with van der Waals surface area (Å²) in [4.78, 5) is 14.4. The van der Waals surface area contributed by atoms with Gasteiger partial charge in [-0.1, -0.05) is 18.2 Å². The Balaban J connectivity index is 2.22. The monoisotopic (exact) mass is 291 g/mol. The van der Waals surface area contributed by atoms with Gasteiger partial charge in [0.05, 0.1) is 4.92 Å². The number of hydrogen-bond acceptors (Lipinski definition) is 5. The molecular formula is C14H14FN3O3. The second-order valence-corrected chi connectivity index (χ2v) is 4.19. The van der Waals surface area contributed by atoms with Gasteiger partial charge in [0.2, 0.25) is 0 Å². The molecule has 0 radical (unpaired) electrons. The first-order chi connectivity index (χ1) is 10.1. The summed E-state index contributed by atoms with van der Waals surface area (Å²) < 4.78 is 18.8. The van der Waals surface area contributed by atoms with E-state index in [0.29, 0.717) is 17.9 Å². The summed E-state index contributed by atoms with van der Waals surface area (Å²) in [5, 5.41) is 13.9.